The molecule has 0 spiro atoms. The van der Waals surface area contributed by atoms with Crippen molar-refractivity contribution in [3.05, 3.63) is 44.4 Å². The van der Waals surface area contributed by atoms with E-state index in [0.29, 0.717) is 28.1 Å². The minimum absolute atomic E-state index is 0.169. The van der Waals surface area contributed by atoms with Crippen molar-refractivity contribution in [2.45, 2.75) is 26.3 Å². The molecule has 0 aliphatic rings. The highest BCUT2D eigenvalue weighted by Gasteiger charge is 2.10. The predicted octanol–water partition coefficient (Wildman–Crippen LogP) is 2.54. The van der Waals surface area contributed by atoms with Crippen LogP contribution in [0.25, 0.3) is 0 Å². The normalized spacial score (nSPS) is 10.8. The molecular formula is C11H11Cl2N3O2. The summed E-state index contributed by atoms with van der Waals surface area (Å²) >= 11 is 11.7. The number of pyridine rings is 1. The number of halogens is 2. The molecule has 5 nitrogen and oxygen atoms in total. The van der Waals surface area contributed by atoms with E-state index in [9.17, 15) is 4.79 Å². The number of rotatable bonds is 4. The molecule has 0 aliphatic carbocycles. The molecule has 2 heterocycles. The fourth-order valence-corrected chi connectivity index (χ4v) is 1.91. The highest BCUT2D eigenvalue weighted by atomic mass is 35.5. The van der Waals surface area contributed by atoms with Gasteiger partial charge in [-0.25, -0.2) is 4.79 Å². The average molecular weight is 288 g/mol. The van der Waals surface area contributed by atoms with Gasteiger partial charge in [-0.2, -0.15) is 4.68 Å². The summed E-state index contributed by atoms with van der Waals surface area (Å²) in [6, 6.07) is 1.57. The SMILES string of the molecule is CCCc1nn(Cc2ncc(Cl)cc2Cl)c(=O)o1. The smallest absolute Gasteiger partial charge is 0.392 e. The maximum absolute atomic E-state index is 11.5. The number of hydrogen-bond donors (Lipinski definition) is 0. The number of aromatic nitrogens is 3. The van der Waals surface area contributed by atoms with Gasteiger partial charge in [-0.15, -0.1) is 5.10 Å². The van der Waals surface area contributed by atoms with E-state index in [1.807, 2.05) is 6.92 Å². The van der Waals surface area contributed by atoms with Crippen LogP contribution in [0.2, 0.25) is 10.0 Å². The summed E-state index contributed by atoms with van der Waals surface area (Å²) in [4.78, 5) is 15.6. The fourth-order valence-electron chi connectivity index (χ4n) is 1.47. The monoisotopic (exact) mass is 287 g/mol. The Hall–Kier alpha value is -1.33. The van der Waals surface area contributed by atoms with Crippen LogP contribution in [-0.4, -0.2) is 14.8 Å². The molecule has 0 bridgehead atoms. The molecule has 0 amide bonds. The molecule has 0 unspecified atom stereocenters. The molecule has 0 atom stereocenters. The van der Waals surface area contributed by atoms with Crippen molar-refractivity contribution in [3.63, 3.8) is 0 Å². The predicted molar refractivity (Wildman–Crippen MR) is 68.1 cm³/mol. The van der Waals surface area contributed by atoms with Gasteiger partial charge in [0, 0.05) is 12.6 Å². The first-order valence-corrected chi connectivity index (χ1v) is 6.22. The molecule has 7 heteroatoms. The van der Waals surface area contributed by atoms with Crippen molar-refractivity contribution in [3.8, 4) is 0 Å². The van der Waals surface area contributed by atoms with Crippen LogP contribution >= 0.6 is 23.2 Å². The lowest BCUT2D eigenvalue weighted by Crippen LogP contribution is -2.17. The fraction of sp³-hybridized carbons (Fsp3) is 0.364. The summed E-state index contributed by atoms with van der Waals surface area (Å²) in [6.45, 7) is 2.15. The molecule has 0 saturated carbocycles. The third-order valence-corrected chi connectivity index (χ3v) is 2.83. The van der Waals surface area contributed by atoms with Crippen LogP contribution in [0.15, 0.2) is 21.5 Å². The maximum Gasteiger partial charge on any atom is 0.437 e. The first-order chi connectivity index (χ1) is 8.60. The van der Waals surface area contributed by atoms with Gasteiger partial charge in [-0.05, 0) is 12.5 Å². The van der Waals surface area contributed by atoms with E-state index in [-0.39, 0.29) is 6.54 Å². The minimum atomic E-state index is -0.508. The van der Waals surface area contributed by atoms with E-state index in [0.717, 1.165) is 6.42 Å². The van der Waals surface area contributed by atoms with Crippen molar-refractivity contribution in [2.24, 2.45) is 0 Å². The van der Waals surface area contributed by atoms with Crippen LogP contribution in [0.4, 0.5) is 0 Å². The van der Waals surface area contributed by atoms with Gasteiger partial charge in [0.05, 0.1) is 22.3 Å². The molecule has 96 valence electrons. The molecule has 0 aromatic carbocycles. The second kappa shape index (κ2) is 5.54. The lowest BCUT2D eigenvalue weighted by molar-refractivity contribution is 0.448. The Balaban J connectivity index is 2.25. The topological polar surface area (TPSA) is 60.9 Å². The van der Waals surface area contributed by atoms with Gasteiger partial charge in [-0.1, -0.05) is 30.1 Å². The maximum atomic E-state index is 11.5. The number of aryl methyl sites for hydroxylation is 1. The molecule has 2 aromatic heterocycles. The molecule has 0 N–H and O–H groups in total. The summed E-state index contributed by atoms with van der Waals surface area (Å²) in [7, 11) is 0. The Morgan fingerprint density at radius 1 is 1.44 bits per heavy atom. The molecule has 18 heavy (non-hydrogen) atoms. The Morgan fingerprint density at radius 2 is 2.22 bits per heavy atom. The molecule has 0 radical (unpaired) electrons. The van der Waals surface area contributed by atoms with Crippen molar-refractivity contribution in [1.29, 1.82) is 0 Å². The Labute approximate surface area is 113 Å². The van der Waals surface area contributed by atoms with Crippen LogP contribution < -0.4 is 5.76 Å². The van der Waals surface area contributed by atoms with Crippen LogP contribution in [0.1, 0.15) is 24.9 Å². The van der Waals surface area contributed by atoms with Crippen molar-refractivity contribution in [1.82, 2.24) is 14.8 Å². The van der Waals surface area contributed by atoms with Gasteiger partial charge in [0.1, 0.15) is 0 Å². The summed E-state index contributed by atoms with van der Waals surface area (Å²) in [5, 5.41) is 4.91. The lowest BCUT2D eigenvalue weighted by atomic mass is 10.3. The highest BCUT2D eigenvalue weighted by Crippen LogP contribution is 2.18. The van der Waals surface area contributed by atoms with E-state index < -0.39 is 5.76 Å². The Kier molecular flexibility index (Phi) is 4.04. The largest absolute Gasteiger partial charge is 0.437 e. The van der Waals surface area contributed by atoms with E-state index >= 15 is 0 Å². The van der Waals surface area contributed by atoms with E-state index in [1.165, 1.54) is 10.9 Å². The van der Waals surface area contributed by atoms with Crippen molar-refractivity contribution < 1.29 is 4.42 Å². The van der Waals surface area contributed by atoms with Crippen LogP contribution in [0, 0.1) is 0 Å². The first-order valence-electron chi connectivity index (χ1n) is 5.47. The second-order valence-electron chi connectivity index (χ2n) is 3.75. The van der Waals surface area contributed by atoms with Crippen LogP contribution in [-0.2, 0) is 13.0 Å². The van der Waals surface area contributed by atoms with Gasteiger partial charge in [0.2, 0.25) is 5.89 Å². The van der Waals surface area contributed by atoms with E-state index in [4.69, 9.17) is 27.6 Å². The van der Waals surface area contributed by atoms with Crippen LogP contribution in [0.3, 0.4) is 0 Å². The summed E-state index contributed by atoms with van der Waals surface area (Å²) in [6.07, 6.45) is 2.96. The van der Waals surface area contributed by atoms with Gasteiger partial charge in [0.25, 0.3) is 0 Å². The minimum Gasteiger partial charge on any atom is -0.392 e. The van der Waals surface area contributed by atoms with Gasteiger partial charge >= 0.3 is 5.76 Å². The van der Waals surface area contributed by atoms with Gasteiger partial charge < -0.3 is 4.42 Å². The molecule has 0 aliphatic heterocycles. The molecular weight excluding hydrogens is 277 g/mol. The standard InChI is InChI=1S/C11H11Cl2N3O2/c1-2-3-10-15-16(11(17)18-10)6-9-8(13)4-7(12)5-14-9/h4-5H,2-3,6H2,1H3. The summed E-state index contributed by atoms with van der Waals surface area (Å²) < 4.78 is 6.19. The Morgan fingerprint density at radius 3 is 2.89 bits per heavy atom. The molecule has 2 rings (SSSR count). The second-order valence-corrected chi connectivity index (χ2v) is 4.60. The third-order valence-electron chi connectivity index (χ3n) is 2.30. The van der Waals surface area contributed by atoms with Gasteiger partial charge in [-0.3, -0.25) is 4.98 Å². The first kappa shape index (κ1) is 13.1. The summed E-state index contributed by atoms with van der Waals surface area (Å²) in [5.41, 5.74) is 0.527. The molecule has 0 fully saturated rings. The number of hydrogen-bond acceptors (Lipinski definition) is 4. The van der Waals surface area contributed by atoms with Crippen LogP contribution in [0.5, 0.6) is 0 Å². The van der Waals surface area contributed by atoms with Crippen molar-refractivity contribution >= 4 is 23.2 Å². The van der Waals surface area contributed by atoms with Crippen molar-refractivity contribution in [2.75, 3.05) is 0 Å². The number of nitrogens with zero attached hydrogens (tertiary/aromatic N) is 3. The molecule has 2 aromatic rings. The van der Waals surface area contributed by atoms with Gasteiger partial charge in [0.15, 0.2) is 0 Å². The van der Waals surface area contributed by atoms with E-state index in [1.54, 1.807) is 6.07 Å². The average Bonchev–Trinajstić information content (AvgIpc) is 2.64. The molecule has 0 saturated heterocycles. The third kappa shape index (κ3) is 2.91. The Bertz CT molecular complexity index is 607. The van der Waals surface area contributed by atoms with E-state index in [2.05, 4.69) is 10.1 Å². The summed E-state index contributed by atoms with van der Waals surface area (Å²) in [5.74, 6) is -0.0844. The zero-order valence-corrected chi connectivity index (χ0v) is 11.2. The quantitative estimate of drug-likeness (QED) is 0.867. The highest BCUT2D eigenvalue weighted by molar-refractivity contribution is 6.34. The lowest BCUT2D eigenvalue weighted by Gasteiger charge is -2.01. The zero-order valence-electron chi connectivity index (χ0n) is 9.69. The zero-order chi connectivity index (χ0) is 13.1.